The molecular weight excluding hydrogens is 474 g/mol. The molecule has 0 spiro atoms. The predicted octanol–water partition coefficient (Wildman–Crippen LogP) is 4.20. The lowest BCUT2D eigenvalue weighted by Crippen LogP contribution is -2.44. The van der Waals surface area contributed by atoms with Crippen LogP contribution in [0, 0.1) is 16.0 Å². The minimum atomic E-state index is -2.02. The lowest BCUT2D eigenvalue weighted by molar-refractivity contribution is -0.385. The first-order chi connectivity index (χ1) is 17.8. The number of hydrogen-bond acceptors (Lipinski definition) is 6. The van der Waals surface area contributed by atoms with Gasteiger partial charge < -0.3 is 15.1 Å². The number of fused-ring (bicyclic) bond motifs is 1. The highest BCUT2D eigenvalue weighted by atomic mass is 16.6. The van der Waals surface area contributed by atoms with Gasteiger partial charge in [-0.3, -0.25) is 24.6 Å². The first kappa shape index (κ1) is 25.7. The van der Waals surface area contributed by atoms with Crippen LogP contribution in [0.1, 0.15) is 24.5 Å². The summed E-state index contributed by atoms with van der Waals surface area (Å²) in [6, 6.07) is 20.3. The van der Waals surface area contributed by atoms with Crippen molar-refractivity contribution in [1.29, 1.82) is 0 Å². The van der Waals surface area contributed by atoms with E-state index in [1.54, 1.807) is 55.5 Å². The normalized spacial score (nSPS) is 17.6. The van der Waals surface area contributed by atoms with Gasteiger partial charge in [0, 0.05) is 41.6 Å². The number of carbonyl (C=O) groups excluding carboxylic acids is 2. The van der Waals surface area contributed by atoms with E-state index in [2.05, 4.69) is 0 Å². The number of anilines is 3. The van der Waals surface area contributed by atoms with E-state index in [0.717, 1.165) is 0 Å². The quantitative estimate of drug-likeness (QED) is 0.186. The molecule has 0 saturated carbocycles. The van der Waals surface area contributed by atoms with Gasteiger partial charge in [-0.2, -0.15) is 0 Å². The molecule has 3 aromatic rings. The Morgan fingerprint density at radius 3 is 2.49 bits per heavy atom. The molecule has 0 unspecified atom stereocenters. The van der Waals surface area contributed by atoms with Gasteiger partial charge in [0.1, 0.15) is 0 Å². The van der Waals surface area contributed by atoms with E-state index in [1.165, 1.54) is 28.0 Å². The molecule has 0 saturated heterocycles. The molecule has 0 fully saturated rings. The smallest absolute Gasteiger partial charge is 0.269 e. The van der Waals surface area contributed by atoms with Crippen molar-refractivity contribution in [2.75, 3.05) is 16.4 Å². The Labute approximate surface area is 214 Å². The summed E-state index contributed by atoms with van der Waals surface area (Å²) in [6.45, 7) is 1.65. The molecule has 9 nitrogen and oxygen atoms in total. The van der Waals surface area contributed by atoms with E-state index in [-0.39, 0.29) is 24.4 Å². The van der Waals surface area contributed by atoms with E-state index in [4.69, 9.17) is 5.11 Å². The maximum Gasteiger partial charge on any atom is 0.269 e. The first-order valence-corrected chi connectivity index (χ1v) is 11.8. The summed E-state index contributed by atoms with van der Waals surface area (Å²) in [7, 11) is 0. The third-order valence-corrected chi connectivity index (χ3v) is 6.51. The molecule has 0 aliphatic carbocycles. The number of nitrogens with zero attached hydrogens (tertiary/aromatic N) is 3. The summed E-state index contributed by atoms with van der Waals surface area (Å²) < 4.78 is 0. The molecule has 2 amide bonds. The average Bonchev–Trinajstić information content (AvgIpc) is 3.12. The molecule has 0 bridgehead atoms. The molecule has 2 atom stereocenters. The fraction of sp³-hybridized carbons (Fsp3) is 0.214. The van der Waals surface area contributed by atoms with Crippen LogP contribution in [0.5, 0.6) is 0 Å². The van der Waals surface area contributed by atoms with Gasteiger partial charge in [0.25, 0.3) is 11.6 Å². The summed E-state index contributed by atoms with van der Waals surface area (Å²) in [5, 5.41) is 32.2. The van der Waals surface area contributed by atoms with Crippen molar-refractivity contribution in [1.82, 2.24) is 0 Å². The molecule has 1 aliphatic rings. The summed E-state index contributed by atoms with van der Waals surface area (Å²) in [4.78, 5) is 39.3. The number of non-ortho nitro benzene ring substituents is 1. The zero-order chi connectivity index (χ0) is 26.6. The number of amides is 2. The molecular formula is C28H27N3O6. The first-order valence-electron chi connectivity index (χ1n) is 11.8. The van der Waals surface area contributed by atoms with E-state index in [1.807, 2.05) is 18.2 Å². The van der Waals surface area contributed by atoms with Crippen molar-refractivity contribution in [2.24, 2.45) is 5.92 Å². The molecule has 0 radical (unpaired) electrons. The minimum absolute atomic E-state index is 0.0777. The van der Waals surface area contributed by atoms with Gasteiger partial charge in [-0.15, -0.1) is 0 Å². The molecule has 9 heteroatoms. The fourth-order valence-electron chi connectivity index (χ4n) is 4.57. The maximum absolute atomic E-state index is 13.7. The number of aliphatic hydroxyl groups is 2. The van der Waals surface area contributed by atoms with Crippen LogP contribution in [0.3, 0.4) is 0 Å². The predicted molar refractivity (Wildman–Crippen MR) is 139 cm³/mol. The number of nitro groups is 1. The van der Waals surface area contributed by atoms with Crippen LogP contribution in [0.15, 0.2) is 84.9 Å². The molecule has 2 N–H and O–H groups in total. The molecule has 1 aliphatic heterocycles. The number of para-hydroxylation sites is 1. The highest BCUT2D eigenvalue weighted by molar-refractivity contribution is 6.07. The summed E-state index contributed by atoms with van der Waals surface area (Å²) in [5.74, 6) is -1.32. The highest BCUT2D eigenvalue weighted by Gasteiger charge is 2.53. The van der Waals surface area contributed by atoms with E-state index < -0.39 is 22.3 Å². The molecule has 1 heterocycles. The fourth-order valence-corrected chi connectivity index (χ4v) is 4.57. The molecule has 4 rings (SSSR count). The lowest BCUT2D eigenvalue weighted by Gasteiger charge is -2.27. The number of aliphatic hydroxyl groups excluding tert-OH is 1. The third kappa shape index (κ3) is 4.87. The standard InChI is InChI=1S/C28H27N3O6/c1-20(8-5-6-15-32)28(35)25-17-24(31(36)37)13-14-26(25)29(27(28)34)18-21-9-7-12-23(16-21)30(19-33)22-10-3-2-4-11-22/h2-5,7-14,16-17,19-20,32,35H,6,15,18H2,1H3/b8-5+/t20-,28+/m1/s1. The Kier molecular flexibility index (Phi) is 7.47. The van der Waals surface area contributed by atoms with E-state index in [0.29, 0.717) is 35.5 Å². The van der Waals surface area contributed by atoms with Crippen LogP contribution in [-0.4, -0.2) is 34.1 Å². The van der Waals surface area contributed by atoms with Crippen molar-refractivity contribution in [3.05, 3.63) is 106 Å². The average molecular weight is 502 g/mol. The van der Waals surface area contributed by atoms with E-state index >= 15 is 0 Å². The topological polar surface area (TPSA) is 124 Å². The van der Waals surface area contributed by atoms with Crippen LogP contribution in [0.2, 0.25) is 0 Å². The maximum atomic E-state index is 13.7. The number of rotatable bonds is 10. The van der Waals surface area contributed by atoms with Gasteiger partial charge in [0.15, 0.2) is 5.60 Å². The van der Waals surface area contributed by atoms with Crippen molar-refractivity contribution >= 4 is 35.1 Å². The van der Waals surface area contributed by atoms with Crippen LogP contribution in [0.25, 0.3) is 0 Å². The molecule has 0 aromatic heterocycles. The molecule has 190 valence electrons. The zero-order valence-corrected chi connectivity index (χ0v) is 20.2. The molecule has 37 heavy (non-hydrogen) atoms. The van der Waals surface area contributed by atoms with Gasteiger partial charge in [-0.25, -0.2) is 0 Å². The van der Waals surface area contributed by atoms with Gasteiger partial charge in [0.05, 0.1) is 17.2 Å². The Bertz CT molecular complexity index is 1340. The van der Waals surface area contributed by atoms with Crippen LogP contribution in [-0.2, 0) is 21.7 Å². The zero-order valence-electron chi connectivity index (χ0n) is 20.2. The second kappa shape index (κ2) is 10.7. The van der Waals surface area contributed by atoms with Crippen LogP contribution >= 0.6 is 0 Å². The third-order valence-electron chi connectivity index (χ3n) is 6.51. The summed E-state index contributed by atoms with van der Waals surface area (Å²) in [6.07, 6.45) is 4.35. The van der Waals surface area contributed by atoms with Crippen molar-refractivity contribution in [3.63, 3.8) is 0 Å². The van der Waals surface area contributed by atoms with Crippen molar-refractivity contribution < 1.29 is 24.7 Å². The highest BCUT2D eigenvalue weighted by Crippen LogP contribution is 2.47. The second-order valence-electron chi connectivity index (χ2n) is 8.83. The van der Waals surface area contributed by atoms with E-state index in [9.17, 15) is 24.8 Å². The molecule has 3 aromatic carbocycles. The number of carbonyl (C=O) groups is 2. The minimum Gasteiger partial charge on any atom is -0.396 e. The Morgan fingerprint density at radius 2 is 1.81 bits per heavy atom. The van der Waals surface area contributed by atoms with Crippen molar-refractivity contribution in [2.45, 2.75) is 25.5 Å². The monoisotopic (exact) mass is 501 g/mol. The van der Waals surface area contributed by atoms with Gasteiger partial charge in [-0.1, -0.05) is 49.4 Å². The van der Waals surface area contributed by atoms with Crippen LogP contribution < -0.4 is 9.80 Å². The number of benzene rings is 3. The van der Waals surface area contributed by atoms with Crippen molar-refractivity contribution in [3.8, 4) is 0 Å². The largest absolute Gasteiger partial charge is 0.396 e. The van der Waals surface area contributed by atoms with Crippen LogP contribution in [0.4, 0.5) is 22.7 Å². The van der Waals surface area contributed by atoms with Gasteiger partial charge in [0.2, 0.25) is 6.41 Å². The number of hydrogen-bond donors (Lipinski definition) is 2. The van der Waals surface area contributed by atoms with Gasteiger partial charge in [-0.05, 0) is 42.3 Å². The summed E-state index contributed by atoms with van der Waals surface area (Å²) in [5.41, 5.74) is 0.260. The Morgan fingerprint density at radius 1 is 1.08 bits per heavy atom. The summed E-state index contributed by atoms with van der Waals surface area (Å²) >= 11 is 0. The second-order valence-corrected chi connectivity index (χ2v) is 8.83. The van der Waals surface area contributed by atoms with Gasteiger partial charge >= 0.3 is 0 Å². The SMILES string of the molecule is C[C@H](/C=C/CCO)[C@@]1(O)C(=O)N(Cc2cccc(N(C=O)c3ccccc3)c2)c2ccc([N+](=O)[O-])cc21. The Hall–Kier alpha value is -4.34. The lowest BCUT2D eigenvalue weighted by atomic mass is 9.82. The number of nitro benzene ring substituents is 1. The Balaban J connectivity index is 1.72.